The minimum Gasteiger partial charge on any atom is -0.384 e. The van der Waals surface area contributed by atoms with Crippen LogP contribution in [0.5, 0.6) is 0 Å². The fourth-order valence-corrected chi connectivity index (χ4v) is 2.59. The molecule has 2 N–H and O–H groups in total. The lowest BCUT2D eigenvalue weighted by molar-refractivity contribution is -0.0202. The van der Waals surface area contributed by atoms with Gasteiger partial charge in [0.05, 0.1) is 24.6 Å². The number of nitrogen functional groups attached to an aromatic ring is 1. The molecule has 0 unspecified atom stereocenters. The summed E-state index contributed by atoms with van der Waals surface area (Å²) >= 11 is 0. The Kier molecular flexibility index (Phi) is 3.52. The van der Waals surface area contributed by atoms with Gasteiger partial charge in [0.15, 0.2) is 0 Å². The van der Waals surface area contributed by atoms with Gasteiger partial charge in [-0.1, -0.05) is 0 Å². The summed E-state index contributed by atoms with van der Waals surface area (Å²) < 4.78 is 18.5. The Balaban J connectivity index is 1.56. The predicted molar refractivity (Wildman–Crippen MR) is 71.9 cm³/mol. The molecule has 104 valence electrons. The van der Waals surface area contributed by atoms with Crippen LogP contribution in [0.1, 0.15) is 0 Å². The molecule has 0 radical (unpaired) electrons. The molecule has 0 amide bonds. The number of hydrogen-bond acceptors (Lipinski definition) is 5. The molecule has 1 aromatic heterocycles. The van der Waals surface area contributed by atoms with Crippen molar-refractivity contribution in [3.63, 3.8) is 0 Å². The Morgan fingerprint density at radius 1 is 1.37 bits per heavy atom. The molecule has 3 rings (SSSR count). The van der Waals surface area contributed by atoms with Crippen LogP contribution < -0.4 is 10.6 Å². The standard InChI is InChI=1S/C13H19FN4O/c14-10-6-17(7-10)8-12-9-18(3-4-19-12)11-1-2-13(15)16-5-11/h1-2,5,10,12H,3-4,6-9H2,(H2,15,16)/t12-/m1/s1. The van der Waals surface area contributed by atoms with Crippen LogP contribution in [0.15, 0.2) is 18.3 Å². The first kappa shape index (κ1) is 12.6. The van der Waals surface area contributed by atoms with E-state index >= 15 is 0 Å². The van der Waals surface area contributed by atoms with Gasteiger partial charge in [-0.25, -0.2) is 9.37 Å². The summed E-state index contributed by atoms with van der Waals surface area (Å²) in [7, 11) is 0. The predicted octanol–water partition coefficient (Wildman–Crippen LogP) is 0.523. The SMILES string of the molecule is Nc1ccc(N2CCO[C@H](CN3CC(F)C3)C2)cn1. The molecule has 2 fully saturated rings. The van der Waals surface area contributed by atoms with Crippen molar-refractivity contribution in [1.82, 2.24) is 9.88 Å². The number of aromatic nitrogens is 1. The van der Waals surface area contributed by atoms with E-state index in [-0.39, 0.29) is 6.10 Å². The van der Waals surface area contributed by atoms with E-state index in [4.69, 9.17) is 10.5 Å². The normalized spacial score (nSPS) is 25.3. The third-order valence-corrected chi connectivity index (χ3v) is 3.65. The first-order valence-corrected chi connectivity index (χ1v) is 6.65. The molecule has 3 heterocycles. The molecule has 0 spiro atoms. The van der Waals surface area contributed by atoms with E-state index in [2.05, 4.69) is 14.8 Å². The summed E-state index contributed by atoms with van der Waals surface area (Å²) in [5.41, 5.74) is 6.66. The molecule has 0 bridgehead atoms. The van der Waals surface area contributed by atoms with Gasteiger partial charge in [0.2, 0.25) is 0 Å². The molecule has 1 atom stereocenters. The van der Waals surface area contributed by atoms with Crippen LogP contribution in [-0.2, 0) is 4.74 Å². The summed E-state index contributed by atoms with van der Waals surface area (Å²) in [5.74, 6) is 0.531. The maximum atomic E-state index is 12.8. The molecule has 2 aliphatic heterocycles. The highest BCUT2D eigenvalue weighted by molar-refractivity contribution is 5.48. The van der Waals surface area contributed by atoms with E-state index in [1.807, 2.05) is 12.1 Å². The number of alkyl halides is 1. The molecular weight excluding hydrogens is 247 g/mol. The molecule has 0 aromatic carbocycles. The first-order valence-electron chi connectivity index (χ1n) is 6.65. The van der Waals surface area contributed by atoms with Gasteiger partial charge in [-0.2, -0.15) is 0 Å². The van der Waals surface area contributed by atoms with Crippen molar-refractivity contribution < 1.29 is 9.13 Å². The molecule has 5 nitrogen and oxygen atoms in total. The number of halogens is 1. The second kappa shape index (κ2) is 5.30. The molecule has 6 heteroatoms. The summed E-state index contributed by atoms with van der Waals surface area (Å²) in [6.07, 6.45) is 1.28. The van der Waals surface area contributed by atoms with Gasteiger partial charge < -0.3 is 15.4 Å². The van der Waals surface area contributed by atoms with E-state index < -0.39 is 6.17 Å². The average molecular weight is 266 g/mol. The van der Waals surface area contributed by atoms with Crippen LogP contribution in [0.2, 0.25) is 0 Å². The van der Waals surface area contributed by atoms with E-state index in [1.54, 1.807) is 6.20 Å². The van der Waals surface area contributed by atoms with Crippen molar-refractivity contribution in [3.8, 4) is 0 Å². The Labute approximate surface area is 112 Å². The summed E-state index contributed by atoms with van der Waals surface area (Å²) in [4.78, 5) is 8.45. The number of anilines is 2. The number of likely N-dealkylation sites (tertiary alicyclic amines) is 1. The zero-order valence-corrected chi connectivity index (χ0v) is 10.8. The largest absolute Gasteiger partial charge is 0.384 e. The Morgan fingerprint density at radius 3 is 2.89 bits per heavy atom. The molecule has 2 aliphatic rings. The van der Waals surface area contributed by atoms with Crippen molar-refractivity contribution in [2.75, 3.05) is 50.0 Å². The van der Waals surface area contributed by atoms with Gasteiger partial charge in [-0.3, -0.25) is 4.90 Å². The first-order chi connectivity index (χ1) is 9.20. The molecule has 1 aromatic rings. The smallest absolute Gasteiger partial charge is 0.125 e. The van der Waals surface area contributed by atoms with Gasteiger partial charge in [0, 0.05) is 32.7 Å². The van der Waals surface area contributed by atoms with E-state index in [1.165, 1.54) is 0 Å². The number of hydrogen-bond donors (Lipinski definition) is 1. The van der Waals surface area contributed by atoms with Crippen LogP contribution in [0.4, 0.5) is 15.9 Å². The second-order valence-corrected chi connectivity index (χ2v) is 5.20. The fraction of sp³-hybridized carbons (Fsp3) is 0.615. The highest BCUT2D eigenvalue weighted by Gasteiger charge is 2.30. The van der Waals surface area contributed by atoms with Crippen molar-refractivity contribution in [2.24, 2.45) is 0 Å². The van der Waals surface area contributed by atoms with Crippen LogP contribution in [0.3, 0.4) is 0 Å². The number of rotatable bonds is 3. The van der Waals surface area contributed by atoms with Crippen molar-refractivity contribution >= 4 is 11.5 Å². The maximum absolute atomic E-state index is 12.8. The third-order valence-electron chi connectivity index (χ3n) is 3.65. The van der Waals surface area contributed by atoms with Gasteiger partial charge in [0.25, 0.3) is 0 Å². The minimum atomic E-state index is -0.652. The van der Waals surface area contributed by atoms with E-state index in [0.717, 1.165) is 25.3 Å². The quantitative estimate of drug-likeness (QED) is 0.864. The minimum absolute atomic E-state index is 0.138. The molecule has 0 saturated carbocycles. The summed E-state index contributed by atoms with van der Waals surface area (Å²) in [6, 6.07) is 3.79. The fourth-order valence-electron chi connectivity index (χ4n) is 2.59. The lowest BCUT2D eigenvalue weighted by atomic mass is 10.1. The number of pyridine rings is 1. The highest BCUT2D eigenvalue weighted by atomic mass is 19.1. The summed E-state index contributed by atoms with van der Waals surface area (Å²) in [5, 5.41) is 0. The zero-order chi connectivity index (χ0) is 13.2. The lowest BCUT2D eigenvalue weighted by Gasteiger charge is -2.40. The van der Waals surface area contributed by atoms with Crippen LogP contribution in [0, 0.1) is 0 Å². The third kappa shape index (κ3) is 2.96. The number of ether oxygens (including phenoxy) is 1. The van der Waals surface area contributed by atoms with Crippen molar-refractivity contribution in [2.45, 2.75) is 12.3 Å². The number of morpholine rings is 1. The van der Waals surface area contributed by atoms with Gasteiger partial charge >= 0.3 is 0 Å². The van der Waals surface area contributed by atoms with Gasteiger partial charge in [-0.05, 0) is 12.1 Å². The van der Waals surface area contributed by atoms with Crippen LogP contribution >= 0.6 is 0 Å². The second-order valence-electron chi connectivity index (χ2n) is 5.20. The molecule has 0 aliphatic carbocycles. The zero-order valence-electron chi connectivity index (χ0n) is 10.8. The monoisotopic (exact) mass is 266 g/mol. The van der Waals surface area contributed by atoms with Crippen LogP contribution in [0.25, 0.3) is 0 Å². The highest BCUT2D eigenvalue weighted by Crippen LogP contribution is 2.19. The summed E-state index contributed by atoms with van der Waals surface area (Å²) in [6.45, 7) is 4.26. The number of nitrogens with zero attached hydrogens (tertiary/aromatic N) is 3. The van der Waals surface area contributed by atoms with Crippen LogP contribution in [-0.4, -0.2) is 61.5 Å². The molecular formula is C13H19FN4O. The maximum Gasteiger partial charge on any atom is 0.125 e. The van der Waals surface area contributed by atoms with Crippen molar-refractivity contribution in [3.05, 3.63) is 18.3 Å². The topological polar surface area (TPSA) is 54.6 Å². The molecule has 2 saturated heterocycles. The van der Waals surface area contributed by atoms with E-state index in [0.29, 0.717) is 25.5 Å². The Hall–Kier alpha value is -1.40. The van der Waals surface area contributed by atoms with Gasteiger partial charge in [-0.15, -0.1) is 0 Å². The van der Waals surface area contributed by atoms with Gasteiger partial charge in [0.1, 0.15) is 12.0 Å². The lowest BCUT2D eigenvalue weighted by Crippen LogP contribution is -2.55. The molecule has 19 heavy (non-hydrogen) atoms. The Bertz CT molecular complexity index is 421. The number of nitrogens with two attached hydrogens (primary N) is 1. The Morgan fingerprint density at radius 2 is 2.21 bits per heavy atom. The van der Waals surface area contributed by atoms with E-state index in [9.17, 15) is 4.39 Å². The van der Waals surface area contributed by atoms with Crippen molar-refractivity contribution in [1.29, 1.82) is 0 Å². The average Bonchev–Trinajstić information content (AvgIpc) is 2.38.